The van der Waals surface area contributed by atoms with E-state index in [1.54, 1.807) is 0 Å². The van der Waals surface area contributed by atoms with Gasteiger partial charge in [0.15, 0.2) is 0 Å². The molecule has 8 aromatic carbocycles. The third-order valence-corrected chi connectivity index (χ3v) is 28.4. The van der Waals surface area contributed by atoms with Crippen molar-refractivity contribution in [2.45, 2.75) is 46.7 Å². The van der Waals surface area contributed by atoms with Crippen LogP contribution in [0.4, 0.5) is 0 Å². The van der Waals surface area contributed by atoms with E-state index in [9.17, 15) is 0 Å². The van der Waals surface area contributed by atoms with E-state index in [-0.39, 0.29) is 84.2 Å². The van der Waals surface area contributed by atoms with E-state index in [1.165, 1.54) is 54.8 Å². The molecule has 0 amide bonds. The minimum absolute atomic E-state index is 0. The minimum Gasteiger partial charge on any atom is -1.00 e. The van der Waals surface area contributed by atoms with Crippen molar-refractivity contribution >= 4 is 145 Å². The first-order valence-corrected chi connectivity index (χ1v) is 41.4. The van der Waals surface area contributed by atoms with Gasteiger partial charge in [0.05, 0.1) is 0 Å². The van der Waals surface area contributed by atoms with Gasteiger partial charge in [-0.15, -0.1) is 35.6 Å². The van der Waals surface area contributed by atoms with Gasteiger partial charge < -0.3 is 47.1 Å². The van der Waals surface area contributed by atoms with Gasteiger partial charge in [-0.3, -0.25) is 0 Å². The van der Waals surface area contributed by atoms with Gasteiger partial charge in [-0.25, -0.2) is 0 Å². The fraction of sp³-hybridized carbons (Fsp3) is 0.284. The monoisotopic (exact) mass is 1260 g/mol. The Balaban J connectivity index is 0.000000663. The van der Waals surface area contributed by atoms with Crippen molar-refractivity contribution in [2.75, 3.05) is 75.7 Å². The quantitative estimate of drug-likeness (QED) is 0.0252. The third-order valence-electron chi connectivity index (χ3n) is 13.4. The van der Waals surface area contributed by atoms with Gasteiger partial charge in [-0.2, -0.15) is 0 Å². The molecule has 0 aliphatic carbocycles. The van der Waals surface area contributed by atoms with E-state index >= 15 is 0 Å². The van der Waals surface area contributed by atoms with E-state index in [0.717, 1.165) is 51.6 Å². The van der Waals surface area contributed by atoms with Gasteiger partial charge in [-0.1, -0.05) is 289 Å². The molecule has 0 aromatic heterocycles. The maximum Gasteiger partial charge on any atom is 0.119 e. The summed E-state index contributed by atoms with van der Waals surface area (Å²) in [7, 11) is -4.01. The van der Waals surface area contributed by atoms with Crippen molar-refractivity contribution < 1.29 is 13.8 Å². The molecule has 0 aliphatic rings. The van der Waals surface area contributed by atoms with Crippen molar-refractivity contribution in [3.05, 3.63) is 243 Å². The van der Waals surface area contributed by atoms with Crippen LogP contribution in [0.25, 0.3) is 0 Å². The molecule has 0 aliphatic heterocycles. The SMILES string of the molecule is C.C[Si](C)(C)N(CCCl)CCCl.C[Si](C)(C)N(CCP(c1ccccc1)c1ccccc1)CCP(c1ccccc1)c1ccccc1.Cl.[Cl-].[H-].[Li-].c1ccc(P(CCNCCP(c2ccccc2)c2ccccc2)c2ccccc2)cc1. The van der Waals surface area contributed by atoms with E-state index in [2.05, 4.69) is 296 Å². The zero-order valence-corrected chi connectivity index (χ0v) is 57.0. The van der Waals surface area contributed by atoms with Crippen LogP contribution >= 0.6 is 67.3 Å². The Hall–Kier alpha value is -2.45. The minimum atomic E-state index is -1.47. The number of hydrogen-bond acceptors (Lipinski definition) is 3. The summed E-state index contributed by atoms with van der Waals surface area (Å²) < 4.78 is 5.28. The van der Waals surface area contributed by atoms with Gasteiger partial charge in [0, 0.05) is 24.8 Å². The predicted molar refractivity (Wildman–Crippen MR) is 381 cm³/mol. The Labute approximate surface area is 533 Å². The van der Waals surface area contributed by atoms with Gasteiger partial charge in [0.1, 0.15) is 16.5 Å². The van der Waals surface area contributed by atoms with Crippen molar-refractivity contribution in [1.82, 2.24) is 14.4 Å². The zero-order chi connectivity index (χ0) is 54.6. The van der Waals surface area contributed by atoms with E-state index in [4.69, 9.17) is 23.2 Å². The summed E-state index contributed by atoms with van der Waals surface area (Å²) in [4.78, 5) is 0. The van der Waals surface area contributed by atoms with Gasteiger partial charge >= 0.3 is 0 Å². The number of benzene rings is 8. The van der Waals surface area contributed by atoms with Crippen LogP contribution in [0.3, 0.4) is 0 Å². The number of alkyl halides is 2. The molecule has 0 heterocycles. The van der Waals surface area contributed by atoms with E-state index in [0.29, 0.717) is 11.8 Å². The largest absolute Gasteiger partial charge is 1.00 e. The number of nitrogens with zero attached hydrogens (tertiary/aromatic N) is 2. The number of rotatable bonds is 26. The summed E-state index contributed by atoms with van der Waals surface area (Å²) in [6.07, 6.45) is 4.75. The molecule has 0 fully saturated rings. The Kier molecular flexibility index (Phi) is 38.3. The standard InChI is InChI=1S/C31H37NP2Si.C28H29NP2.C7H17Cl2NSi.CH4.2ClH.Li.H/c1-35(2,3)32(24-26-33(28-16-8-4-9-17-28)29-18-10-5-11-19-29)25-27-34(30-20-12-6-13-21-30)31-22-14-7-15-23-31;1-5-13-25(14-6-1)30(26-15-7-2-8-16-26)23-21-29-22-24-31(27-17-9-3-10-18-27)28-19-11-4-12-20-28;1-11(2,3)10(6-4-8)7-5-9;;;;;/h4-23H,24-27H2,1-3H3;1-20,29H,21-24H2;4-7H2,1-3H3;1H4;2*1H;;/q;;;;;;2*-1/p-1. The van der Waals surface area contributed by atoms with Crippen molar-refractivity contribution in [2.24, 2.45) is 0 Å². The Morgan fingerprint density at radius 2 is 0.506 bits per heavy atom. The molecule has 0 bridgehead atoms. The first-order valence-electron chi connectivity index (χ1n) is 27.3. The molecule has 3 nitrogen and oxygen atoms in total. The molecule has 432 valence electrons. The Bertz CT molecular complexity index is 2440. The van der Waals surface area contributed by atoms with Crippen LogP contribution in [0, 0.1) is 0 Å². The second-order valence-electron chi connectivity index (χ2n) is 20.7. The molecule has 81 heavy (non-hydrogen) atoms. The average molecular weight is 1270 g/mol. The van der Waals surface area contributed by atoms with Crippen LogP contribution in [-0.4, -0.2) is 120 Å². The van der Waals surface area contributed by atoms with Gasteiger partial charge in [0.2, 0.25) is 0 Å². The van der Waals surface area contributed by atoms with Crippen molar-refractivity contribution in [3.63, 3.8) is 0 Å². The molecular weight excluding hydrogens is 1180 g/mol. The van der Waals surface area contributed by atoms with Crippen LogP contribution in [-0.2, 0) is 0 Å². The molecule has 1 N–H and O–H groups in total. The molecular formula is C67H89Cl4LiN3P4Si2-3. The Morgan fingerprint density at radius 1 is 0.333 bits per heavy atom. The molecule has 0 saturated heterocycles. The molecule has 8 aromatic rings. The third kappa shape index (κ3) is 26.4. The molecule has 2 radical (unpaired) electrons. The molecule has 14 heteroatoms. The number of halogens is 4. The van der Waals surface area contributed by atoms with Crippen molar-refractivity contribution in [1.29, 1.82) is 0 Å². The average Bonchev–Trinajstić information content (AvgIpc) is 3.47. The molecule has 0 saturated carbocycles. The first kappa shape index (κ1) is 74.7. The van der Waals surface area contributed by atoms with Crippen molar-refractivity contribution in [3.8, 4) is 0 Å². The Morgan fingerprint density at radius 3 is 0.679 bits per heavy atom. The number of nitrogens with one attached hydrogen (secondary N) is 1. The van der Waals surface area contributed by atoms with E-state index < -0.39 is 16.5 Å². The van der Waals surface area contributed by atoms with Crippen LogP contribution in [0.2, 0.25) is 39.3 Å². The van der Waals surface area contributed by atoms with Crippen LogP contribution in [0.5, 0.6) is 0 Å². The molecule has 0 spiro atoms. The van der Waals surface area contributed by atoms with Crippen LogP contribution < -0.4 is 60.2 Å². The fourth-order valence-corrected chi connectivity index (χ4v) is 22.6. The van der Waals surface area contributed by atoms with Crippen LogP contribution in [0.15, 0.2) is 243 Å². The predicted octanol–water partition coefficient (Wildman–Crippen LogP) is 11.6. The zero-order valence-electron chi connectivity index (χ0n) is 49.3. The maximum atomic E-state index is 5.68. The van der Waals surface area contributed by atoms with E-state index in [1.807, 2.05) is 0 Å². The normalized spacial score (nSPS) is 11.1. The molecule has 0 unspecified atom stereocenters. The topological polar surface area (TPSA) is 18.5 Å². The second-order valence-corrected chi connectivity index (χ2v) is 40.8. The summed E-state index contributed by atoms with van der Waals surface area (Å²) in [6.45, 7) is 20.8. The van der Waals surface area contributed by atoms with Gasteiger partial charge in [0.25, 0.3) is 0 Å². The summed E-state index contributed by atoms with van der Waals surface area (Å²) in [6, 6.07) is 88.6. The summed E-state index contributed by atoms with van der Waals surface area (Å²) in [5, 5.41) is 15.5. The second kappa shape index (κ2) is 41.6. The first-order chi connectivity index (χ1) is 37.5. The molecule has 8 rings (SSSR count). The van der Waals surface area contributed by atoms with Gasteiger partial charge in [-0.05, 0) is 125 Å². The summed E-state index contributed by atoms with van der Waals surface area (Å²) in [5.41, 5.74) is 0. The maximum absolute atomic E-state index is 5.68. The van der Waals surface area contributed by atoms with Crippen LogP contribution in [0.1, 0.15) is 8.85 Å². The summed E-state index contributed by atoms with van der Waals surface area (Å²) >= 11 is 11.4. The number of hydrogen-bond donors (Lipinski definition) is 1. The fourth-order valence-electron chi connectivity index (χ4n) is 9.21. The smallest absolute Gasteiger partial charge is 0.119 e. The summed E-state index contributed by atoms with van der Waals surface area (Å²) in [5.74, 6) is 1.42. The molecule has 0 atom stereocenters.